The van der Waals surface area contributed by atoms with Crippen LogP contribution < -0.4 is 15.5 Å². The van der Waals surface area contributed by atoms with Crippen LogP contribution in [-0.4, -0.2) is 50.7 Å². The number of hydrogen-bond donors (Lipinski definition) is 2. The van der Waals surface area contributed by atoms with E-state index in [1.807, 2.05) is 30.3 Å². The van der Waals surface area contributed by atoms with Crippen molar-refractivity contribution >= 4 is 17.5 Å². The van der Waals surface area contributed by atoms with Crippen molar-refractivity contribution in [2.24, 2.45) is 0 Å². The topological polar surface area (TPSA) is 79.9 Å². The van der Waals surface area contributed by atoms with Gasteiger partial charge < -0.3 is 14.8 Å². The fourth-order valence-electron chi connectivity index (χ4n) is 2.43. The van der Waals surface area contributed by atoms with Crippen molar-refractivity contribution in [3.63, 3.8) is 0 Å². The summed E-state index contributed by atoms with van der Waals surface area (Å²) in [5.74, 6) is 0.647. The molecule has 0 atom stereocenters. The van der Waals surface area contributed by atoms with E-state index in [0.29, 0.717) is 26.1 Å². The normalized spacial score (nSPS) is 13.9. The standard InChI is InChI=1S/C18H25N3O4/c1-24-13-3-11-19-17(22)10-12-21-18(23)9-8-16(20-21)14-4-6-15(25-2)7-5-14/h4-8,20H,3,9-13H2,1-2H3,(H,19,22). The minimum Gasteiger partial charge on any atom is -0.497 e. The molecule has 1 aromatic carbocycles. The summed E-state index contributed by atoms with van der Waals surface area (Å²) in [6.45, 7) is 1.51. The van der Waals surface area contributed by atoms with Crippen LogP contribution in [0.2, 0.25) is 0 Å². The Morgan fingerprint density at radius 3 is 2.72 bits per heavy atom. The van der Waals surface area contributed by atoms with E-state index in [1.165, 1.54) is 5.01 Å². The molecule has 2 rings (SSSR count). The summed E-state index contributed by atoms with van der Waals surface area (Å²) < 4.78 is 10.1. The third-order valence-electron chi connectivity index (χ3n) is 3.85. The number of rotatable bonds is 9. The molecule has 0 spiro atoms. The van der Waals surface area contributed by atoms with Crippen LogP contribution in [0.5, 0.6) is 5.75 Å². The maximum atomic E-state index is 12.0. The lowest BCUT2D eigenvalue weighted by Crippen LogP contribution is -2.45. The van der Waals surface area contributed by atoms with E-state index < -0.39 is 0 Å². The summed E-state index contributed by atoms with van der Waals surface area (Å²) in [7, 11) is 3.25. The first-order valence-electron chi connectivity index (χ1n) is 8.31. The Kier molecular flexibility index (Phi) is 7.28. The van der Waals surface area contributed by atoms with Crippen molar-refractivity contribution < 1.29 is 19.1 Å². The van der Waals surface area contributed by atoms with Gasteiger partial charge in [-0.15, -0.1) is 0 Å². The Hall–Kier alpha value is -2.54. The second-order valence-corrected chi connectivity index (χ2v) is 5.65. The Balaban J connectivity index is 1.84. The first-order chi connectivity index (χ1) is 12.1. The van der Waals surface area contributed by atoms with Gasteiger partial charge in [0.25, 0.3) is 0 Å². The molecule has 1 aliphatic heterocycles. The van der Waals surface area contributed by atoms with Gasteiger partial charge in [0.2, 0.25) is 11.8 Å². The average Bonchev–Trinajstić information content (AvgIpc) is 2.64. The summed E-state index contributed by atoms with van der Waals surface area (Å²) in [5, 5.41) is 4.31. The number of hydrazine groups is 1. The van der Waals surface area contributed by atoms with Crippen molar-refractivity contribution in [3.8, 4) is 5.75 Å². The van der Waals surface area contributed by atoms with Gasteiger partial charge >= 0.3 is 0 Å². The summed E-state index contributed by atoms with van der Waals surface area (Å²) in [6, 6.07) is 7.58. The molecular weight excluding hydrogens is 322 g/mol. The number of nitrogens with one attached hydrogen (secondary N) is 2. The van der Waals surface area contributed by atoms with Crippen LogP contribution in [0.3, 0.4) is 0 Å². The quantitative estimate of drug-likeness (QED) is 0.659. The minimum absolute atomic E-state index is 0.0514. The summed E-state index contributed by atoms with van der Waals surface area (Å²) in [5.41, 5.74) is 4.90. The van der Waals surface area contributed by atoms with Crippen molar-refractivity contribution in [1.82, 2.24) is 15.8 Å². The van der Waals surface area contributed by atoms with E-state index in [4.69, 9.17) is 9.47 Å². The van der Waals surface area contributed by atoms with Crippen LogP contribution in [-0.2, 0) is 14.3 Å². The van der Waals surface area contributed by atoms with Gasteiger partial charge in [-0.05, 0) is 42.3 Å². The number of carbonyl (C=O) groups excluding carboxylic acids is 2. The SMILES string of the molecule is COCCCNC(=O)CCN1NC(c2ccc(OC)cc2)=CCC1=O. The number of benzene rings is 1. The van der Waals surface area contributed by atoms with Gasteiger partial charge in [0.1, 0.15) is 5.75 Å². The largest absolute Gasteiger partial charge is 0.497 e. The molecule has 2 amide bonds. The zero-order chi connectivity index (χ0) is 18.1. The Labute approximate surface area is 147 Å². The smallest absolute Gasteiger partial charge is 0.244 e. The Bertz CT molecular complexity index is 613. The van der Waals surface area contributed by atoms with E-state index in [1.54, 1.807) is 14.2 Å². The van der Waals surface area contributed by atoms with Gasteiger partial charge in [-0.25, -0.2) is 0 Å². The highest BCUT2D eigenvalue weighted by atomic mass is 16.5. The fourth-order valence-corrected chi connectivity index (χ4v) is 2.43. The lowest BCUT2D eigenvalue weighted by atomic mass is 10.1. The predicted octanol–water partition coefficient (Wildman–Crippen LogP) is 1.32. The molecule has 0 fully saturated rings. The molecule has 0 aliphatic carbocycles. The lowest BCUT2D eigenvalue weighted by molar-refractivity contribution is -0.133. The Morgan fingerprint density at radius 2 is 2.04 bits per heavy atom. The molecular formula is C18H25N3O4. The van der Waals surface area contributed by atoms with Gasteiger partial charge in [0.05, 0.1) is 19.4 Å². The average molecular weight is 347 g/mol. The van der Waals surface area contributed by atoms with Gasteiger partial charge in [-0.2, -0.15) is 0 Å². The molecule has 1 aromatic rings. The summed E-state index contributed by atoms with van der Waals surface area (Å²) in [6.07, 6.45) is 3.18. The van der Waals surface area contributed by atoms with Gasteiger partial charge in [0, 0.05) is 33.1 Å². The van der Waals surface area contributed by atoms with Crippen molar-refractivity contribution in [3.05, 3.63) is 35.9 Å². The molecule has 136 valence electrons. The number of hydrogen-bond acceptors (Lipinski definition) is 5. The maximum absolute atomic E-state index is 12.0. The van der Waals surface area contributed by atoms with E-state index >= 15 is 0 Å². The van der Waals surface area contributed by atoms with E-state index in [2.05, 4.69) is 10.7 Å². The molecule has 0 saturated heterocycles. The zero-order valence-electron chi connectivity index (χ0n) is 14.7. The first kappa shape index (κ1) is 18.8. The minimum atomic E-state index is -0.0775. The molecule has 1 heterocycles. The summed E-state index contributed by atoms with van der Waals surface area (Å²) in [4.78, 5) is 23.9. The Morgan fingerprint density at radius 1 is 1.28 bits per heavy atom. The van der Waals surface area contributed by atoms with Crippen molar-refractivity contribution in [1.29, 1.82) is 0 Å². The van der Waals surface area contributed by atoms with Crippen LogP contribution in [0.15, 0.2) is 30.3 Å². The molecule has 0 saturated carbocycles. The summed E-state index contributed by atoms with van der Waals surface area (Å²) >= 11 is 0. The van der Waals surface area contributed by atoms with Gasteiger partial charge in [0.15, 0.2) is 0 Å². The number of amides is 2. The molecule has 0 aromatic heterocycles. The number of nitrogens with zero attached hydrogens (tertiary/aromatic N) is 1. The molecule has 1 aliphatic rings. The first-order valence-corrected chi connectivity index (χ1v) is 8.31. The third-order valence-corrected chi connectivity index (χ3v) is 3.85. The van der Waals surface area contributed by atoms with E-state index in [0.717, 1.165) is 23.4 Å². The number of ether oxygens (including phenoxy) is 2. The van der Waals surface area contributed by atoms with Crippen LogP contribution in [0, 0.1) is 0 Å². The maximum Gasteiger partial charge on any atom is 0.244 e. The lowest BCUT2D eigenvalue weighted by Gasteiger charge is -2.29. The molecule has 7 nitrogen and oxygen atoms in total. The highest BCUT2D eigenvalue weighted by molar-refractivity contribution is 5.84. The van der Waals surface area contributed by atoms with E-state index in [9.17, 15) is 9.59 Å². The monoisotopic (exact) mass is 347 g/mol. The van der Waals surface area contributed by atoms with Crippen LogP contribution in [0.25, 0.3) is 5.70 Å². The number of methoxy groups -OCH3 is 2. The highest BCUT2D eigenvalue weighted by Gasteiger charge is 2.20. The highest BCUT2D eigenvalue weighted by Crippen LogP contribution is 2.20. The molecule has 0 unspecified atom stereocenters. The zero-order valence-corrected chi connectivity index (χ0v) is 14.7. The van der Waals surface area contributed by atoms with Crippen LogP contribution in [0.1, 0.15) is 24.8 Å². The van der Waals surface area contributed by atoms with Crippen LogP contribution >= 0.6 is 0 Å². The molecule has 2 N–H and O–H groups in total. The second-order valence-electron chi connectivity index (χ2n) is 5.65. The fraction of sp³-hybridized carbons (Fsp3) is 0.444. The van der Waals surface area contributed by atoms with Gasteiger partial charge in [-0.1, -0.05) is 0 Å². The number of carbonyl (C=O) groups is 2. The molecule has 0 bridgehead atoms. The van der Waals surface area contributed by atoms with Crippen molar-refractivity contribution in [2.45, 2.75) is 19.3 Å². The second kappa shape index (κ2) is 9.68. The van der Waals surface area contributed by atoms with Crippen LogP contribution in [0.4, 0.5) is 0 Å². The molecule has 25 heavy (non-hydrogen) atoms. The van der Waals surface area contributed by atoms with Gasteiger partial charge in [-0.3, -0.25) is 20.0 Å². The van der Waals surface area contributed by atoms with E-state index in [-0.39, 0.29) is 18.2 Å². The molecule has 0 radical (unpaired) electrons. The predicted molar refractivity (Wildman–Crippen MR) is 94.6 cm³/mol. The third kappa shape index (κ3) is 5.79. The van der Waals surface area contributed by atoms with Crippen molar-refractivity contribution in [2.75, 3.05) is 33.9 Å². The molecule has 7 heteroatoms.